The van der Waals surface area contributed by atoms with Crippen LogP contribution in [0.25, 0.3) is 0 Å². The van der Waals surface area contributed by atoms with E-state index in [1.54, 1.807) is 0 Å². The summed E-state index contributed by atoms with van der Waals surface area (Å²) in [5.74, 6) is 0.844. The highest BCUT2D eigenvalue weighted by Gasteiger charge is 2.07. The molecule has 1 N–H and O–H groups in total. The quantitative estimate of drug-likeness (QED) is 0.624. The van der Waals surface area contributed by atoms with Gasteiger partial charge in [-0.25, -0.2) is 0 Å². The largest absolute Gasteiger partial charge is 0.393 e. The Morgan fingerprint density at radius 1 is 0.917 bits per heavy atom. The van der Waals surface area contributed by atoms with Gasteiger partial charge in [-0.3, -0.25) is 0 Å². The third-order valence-electron chi connectivity index (χ3n) is 2.65. The first-order valence-corrected chi connectivity index (χ1v) is 5.42. The van der Waals surface area contributed by atoms with Gasteiger partial charge in [0.05, 0.1) is 6.10 Å². The van der Waals surface area contributed by atoms with E-state index in [-0.39, 0.29) is 6.10 Å². The maximum absolute atomic E-state index is 9.37. The first-order valence-electron chi connectivity index (χ1n) is 5.42. The lowest BCUT2D eigenvalue weighted by Gasteiger charge is -2.15. The Hall–Kier alpha value is -0.0400. The molecule has 0 radical (unpaired) electrons. The molecule has 0 aliphatic carbocycles. The zero-order valence-corrected chi connectivity index (χ0v) is 8.84. The summed E-state index contributed by atoms with van der Waals surface area (Å²) in [5.41, 5.74) is 0. The summed E-state index contributed by atoms with van der Waals surface area (Å²) in [4.78, 5) is 0. The standard InChI is InChI=1S/C11H24O/c1-4-7-10(5-2)8-9-11(12)6-3/h10-12H,4-9H2,1-3H3. The first-order chi connectivity index (χ1) is 5.74. The summed E-state index contributed by atoms with van der Waals surface area (Å²) < 4.78 is 0. The Morgan fingerprint density at radius 3 is 2.00 bits per heavy atom. The molecule has 1 nitrogen and oxygen atoms in total. The molecule has 2 atom stereocenters. The van der Waals surface area contributed by atoms with Crippen molar-refractivity contribution >= 4 is 0 Å². The van der Waals surface area contributed by atoms with Crippen LogP contribution in [-0.4, -0.2) is 11.2 Å². The fourth-order valence-corrected chi connectivity index (χ4v) is 1.59. The third-order valence-corrected chi connectivity index (χ3v) is 2.65. The van der Waals surface area contributed by atoms with Gasteiger partial charge in [0.2, 0.25) is 0 Å². The van der Waals surface area contributed by atoms with E-state index >= 15 is 0 Å². The van der Waals surface area contributed by atoms with Gasteiger partial charge in [0, 0.05) is 0 Å². The van der Waals surface area contributed by atoms with Crippen molar-refractivity contribution in [2.75, 3.05) is 0 Å². The van der Waals surface area contributed by atoms with Crippen LogP contribution >= 0.6 is 0 Å². The molecule has 0 rings (SSSR count). The van der Waals surface area contributed by atoms with Gasteiger partial charge in [-0.2, -0.15) is 0 Å². The number of hydrogen-bond donors (Lipinski definition) is 1. The van der Waals surface area contributed by atoms with Crippen LogP contribution in [0.1, 0.15) is 59.3 Å². The lowest BCUT2D eigenvalue weighted by Crippen LogP contribution is -2.08. The van der Waals surface area contributed by atoms with Crippen molar-refractivity contribution in [2.45, 2.75) is 65.4 Å². The van der Waals surface area contributed by atoms with E-state index in [0.29, 0.717) is 0 Å². The summed E-state index contributed by atoms with van der Waals surface area (Å²) in [6, 6.07) is 0. The van der Waals surface area contributed by atoms with Crippen molar-refractivity contribution in [1.82, 2.24) is 0 Å². The molecule has 2 unspecified atom stereocenters. The predicted molar refractivity (Wildman–Crippen MR) is 54.2 cm³/mol. The molecule has 0 bridgehead atoms. The van der Waals surface area contributed by atoms with Gasteiger partial charge in [0.1, 0.15) is 0 Å². The Kier molecular flexibility index (Phi) is 7.58. The zero-order valence-electron chi connectivity index (χ0n) is 8.84. The van der Waals surface area contributed by atoms with E-state index < -0.39 is 0 Å². The fourth-order valence-electron chi connectivity index (χ4n) is 1.59. The van der Waals surface area contributed by atoms with Crippen molar-refractivity contribution in [3.63, 3.8) is 0 Å². The van der Waals surface area contributed by atoms with Crippen molar-refractivity contribution in [3.05, 3.63) is 0 Å². The van der Waals surface area contributed by atoms with Gasteiger partial charge in [-0.15, -0.1) is 0 Å². The first kappa shape index (κ1) is 12.0. The highest BCUT2D eigenvalue weighted by Crippen LogP contribution is 2.18. The Bertz CT molecular complexity index is 91.0. The second-order valence-electron chi connectivity index (χ2n) is 3.70. The molecule has 0 aromatic heterocycles. The van der Waals surface area contributed by atoms with Gasteiger partial charge in [-0.05, 0) is 25.2 Å². The van der Waals surface area contributed by atoms with E-state index in [1.807, 2.05) is 6.92 Å². The molecule has 0 aliphatic heterocycles. The molecule has 0 fully saturated rings. The summed E-state index contributed by atoms with van der Waals surface area (Å²) >= 11 is 0. The molecule has 1 heteroatoms. The van der Waals surface area contributed by atoms with E-state index in [2.05, 4.69) is 13.8 Å². The van der Waals surface area contributed by atoms with Crippen LogP contribution in [0.5, 0.6) is 0 Å². The van der Waals surface area contributed by atoms with Gasteiger partial charge < -0.3 is 5.11 Å². The van der Waals surface area contributed by atoms with Crippen LogP contribution in [0.3, 0.4) is 0 Å². The molecule has 74 valence electrons. The lowest BCUT2D eigenvalue weighted by molar-refractivity contribution is 0.148. The minimum Gasteiger partial charge on any atom is -0.393 e. The molecule has 0 aliphatic rings. The maximum Gasteiger partial charge on any atom is 0.0537 e. The second-order valence-corrected chi connectivity index (χ2v) is 3.70. The van der Waals surface area contributed by atoms with Crippen LogP contribution < -0.4 is 0 Å². The molecule has 0 aromatic carbocycles. The average Bonchev–Trinajstić information content (AvgIpc) is 2.11. The molecular formula is C11H24O. The predicted octanol–water partition coefficient (Wildman–Crippen LogP) is 3.36. The van der Waals surface area contributed by atoms with Crippen LogP contribution in [0, 0.1) is 5.92 Å². The fraction of sp³-hybridized carbons (Fsp3) is 1.00. The molecule has 0 aromatic rings. The molecule has 0 spiro atoms. The van der Waals surface area contributed by atoms with Gasteiger partial charge in [0.15, 0.2) is 0 Å². The zero-order chi connectivity index (χ0) is 9.40. The normalized spacial score (nSPS) is 16.0. The van der Waals surface area contributed by atoms with Crippen LogP contribution in [-0.2, 0) is 0 Å². The third kappa shape index (κ3) is 5.59. The summed E-state index contributed by atoms with van der Waals surface area (Å²) in [6.07, 6.45) is 6.92. The van der Waals surface area contributed by atoms with Crippen molar-refractivity contribution < 1.29 is 5.11 Å². The van der Waals surface area contributed by atoms with E-state index in [1.165, 1.54) is 25.7 Å². The topological polar surface area (TPSA) is 20.2 Å². The van der Waals surface area contributed by atoms with Crippen LogP contribution in [0.4, 0.5) is 0 Å². The Balaban J connectivity index is 3.43. The van der Waals surface area contributed by atoms with Crippen LogP contribution in [0.2, 0.25) is 0 Å². The maximum atomic E-state index is 9.37. The molecule has 0 saturated heterocycles. The Morgan fingerprint density at radius 2 is 1.58 bits per heavy atom. The van der Waals surface area contributed by atoms with E-state index in [4.69, 9.17) is 0 Å². The van der Waals surface area contributed by atoms with Gasteiger partial charge >= 0.3 is 0 Å². The molecular weight excluding hydrogens is 148 g/mol. The minimum atomic E-state index is -0.0593. The van der Waals surface area contributed by atoms with E-state index in [9.17, 15) is 5.11 Å². The van der Waals surface area contributed by atoms with Crippen molar-refractivity contribution in [3.8, 4) is 0 Å². The second kappa shape index (κ2) is 7.60. The van der Waals surface area contributed by atoms with E-state index in [0.717, 1.165) is 18.8 Å². The molecule has 12 heavy (non-hydrogen) atoms. The SMILES string of the molecule is CCCC(CC)CCC(O)CC. The summed E-state index contributed by atoms with van der Waals surface area (Å²) in [6.45, 7) is 6.53. The summed E-state index contributed by atoms with van der Waals surface area (Å²) in [7, 11) is 0. The average molecular weight is 172 g/mol. The van der Waals surface area contributed by atoms with Gasteiger partial charge in [-0.1, -0.05) is 40.0 Å². The van der Waals surface area contributed by atoms with Crippen LogP contribution in [0.15, 0.2) is 0 Å². The Labute approximate surface area is 77.2 Å². The minimum absolute atomic E-state index is 0.0593. The number of aliphatic hydroxyl groups is 1. The number of aliphatic hydroxyl groups excluding tert-OH is 1. The molecule has 0 saturated carbocycles. The van der Waals surface area contributed by atoms with Crippen molar-refractivity contribution in [2.24, 2.45) is 5.92 Å². The monoisotopic (exact) mass is 172 g/mol. The summed E-state index contributed by atoms with van der Waals surface area (Å²) in [5, 5.41) is 9.37. The molecule has 0 amide bonds. The smallest absolute Gasteiger partial charge is 0.0537 e. The van der Waals surface area contributed by atoms with Crippen molar-refractivity contribution in [1.29, 1.82) is 0 Å². The lowest BCUT2D eigenvalue weighted by atomic mass is 9.93. The van der Waals surface area contributed by atoms with Gasteiger partial charge in [0.25, 0.3) is 0 Å². The highest BCUT2D eigenvalue weighted by atomic mass is 16.3. The molecule has 0 heterocycles. The number of rotatable bonds is 7. The number of hydrogen-bond acceptors (Lipinski definition) is 1. The highest BCUT2D eigenvalue weighted by molar-refractivity contribution is 4.60.